The van der Waals surface area contributed by atoms with Crippen molar-refractivity contribution in [1.82, 2.24) is 0 Å². The Balaban J connectivity index is 0.000000720. The lowest BCUT2D eigenvalue weighted by Crippen LogP contribution is -2.00. The normalized spacial score (nSPS) is 26.2. The number of nitrogens with two attached hydrogens (primary N) is 1. The van der Waals surface area contributed by atoms with Crippen molar-refractivity contribution in [1.29, 1.82) is 0 Å². The van der Waals surface area contributed by atoms with Gasteiger partial charge in [0.05, 0.1) is 0 Å². The van der Waals surface area contributed by atoms with Crippen LogP contribution in [0.5, 0.6) is 0 Å². The first-order valence-corrected chi connectivity index (χ1v) is 3.78. The van der Waals surface area contributed by atoms with Crippen molar-refractivity contribution >= 4 is 12.4 Å². The molecule has 1 unspecified atom stereocenters. The minimum atomic E-state index is -0.178. The fourth-order valence-electron chi connectivity index (χ4n) is 1.31. The first kappa shape index (κ1) is 9.49. The lowest BCUT2D eigenvalue weighted by molar-refractivity contribution is 0.627. The molecular formula is C9H11ClFN. The third kappa shape index (κ3) is 1.76. The van der Waals surface area contributed by atoms with Gasteiger partial charge in [0.2, 0.25) is 0 Å². The van der Waals surface area contributed by atoms with Gasteiger partial charge in [-0.2, -0.15) is 0 Å². The van der Waals surface area contributed by atoms with E-state index >= 15 is 0 Å². The lowest BCUT2D eigenvalue weighted by Gasteiger charge is -1.96. The minimum absolute atomic E-state index is 0. The highest BCUT2D eigenvalue weighted by molar-refractivity contribution is 5.85. The van der Waals surface area contributed by atoms with Crippen LogP contribution in [-0.4, -0.2) is 6.04 Å². The summed E-state index contributed by atoms with van der Waals surface area (Å²) < 4.78 is 12.4. The summed E-state index contributed by atoms with van der Waals surface area (Å²) in [5.74, 6) is 0.304. The molecule has 1 saturated carbocycles. The van der Waals surface area contributed by atoms with Gasteiger partial charge in [-0.05, 0) is 24.1 Å². The summed E-state index contributed by atoms with van der Waals surface area (Å²) in [4.78, 5) is 0. The Hall–Kier alpha value is -0.600. The molecule has 2 atom stereocenters. The predicted octanol–water partition coefficient (Wildman–Crippen LogP) is 2.06. The number of benzene rings is 1. The number of halogens is 2. The Labute approximate surface area is 77.2 Å². The van der Waals surface area contributed by atoms with Crippen molar-refractivity contribution in [2.45, 2.75) is 18.4 Å². The Bertz CT molecular complexity index is 260. The van der Waals surface area contributed by atoms with E-state index in [-0.39, 0.29) is 18.2 Å². The fourth-order valence-corrected chi connectivity index (χ4v) is 1.31. The van der Waals surface area contributed by atoms with Crippen LogP contribution in [0.2, 0.25) is 0 Å². The second kappa shape index (κ2) is 3.42. The van der Waals surface area contributed by atoms with Gasteiger partial charge in [0.25, 0.3) is 0 Å². The summed E-state index contributed by atoms with van der Waals surface area (Å²) in [6.07, 6.45) is 1.05. The maximum absolute atomic E-state index is 12.4. The van der Waals surface area contributed by atoms with Crippen LogP contribution in [0.1, 0.15) is 17.9 Å². The van der Waals surface area contributed by atoms with Gasteiger partial charge in [-0.1, -0.05) is 12.1 Å². The van der Waals surface area contributed by atoms with Gasteiger partial charge in [0.1, 0.15) is 5.82 Å². The van der Waals surface area contributed by atoms with Gasteiger partial charge in [0.15, 0.2) is 0 Å². The Morgan fingerprint density at radius 1 is 1.25 bits per heavy atom. The first-order chi connectivity index (χ1) is 5.27. The molecule has 1 aromatic carbocycles. The number of rotatable bonds is 1. The van der Waals surface area contributed by atoms with E-state index in [2.05, 4.69) is 0 Å². The van der Waals surface area contributed by atoms with Crippen LogP contribution in [-0.2, 0) is 0 Å². The molecule has 3 heteroatoms. The smallest absolute Gasteiger partial charge is 0.123 e. The molecule has 66 valence electrons. The first-order valence-electron chi connectivity index (χ1n) is 3.78. The Morgan fingerprint density at radius 3 is 2.17 bits per heavy atom. The summed E-state index contributed by atoms with van der Waals surface area (Å²) >= 11 is 0. The molecule has 1 aliphatic rings. The third-order valence-corrected chi connectivity index (χ3v) is 2.14. The molecule has 0 spiro atoms. The lowest BCUT2D eigenvalue weighted by atomic mass is 10.1. The molecule has 1 nitrogen and oxygen atoms in total. The zero-order valence-electron chi connectivity index (χ0n) is 6.53. The summed E-state index contributed by atoms with van der Waals surface area (Å²) in [5.41, 5.74) is 6.81. The summed E-state index contributed by atoms with van der Waals surface area (Å²) in [6, 6.07) is 6.90. The zero-order chi connectivity index (χ0) is 7.84. The van der Waals surface area contributed by atoms with E-state index in [1.165, 1.54) is 17.7 Å². The minimum Gasteiger partial charge on any atom is -0.327 e. The van der Waals surface area contributed by atoms with Crippen molar-refractivity contribution in [2.24, 2.45) is 5.73 Å². The van der Waals surface area contributed by atoms with Crippen LogP contribution in [0, 0.1) is 5.82 Å². The van der Waals surface area contributed by atoms with Crippen molar-refractivity contribution in [3.8, 4) is 0 Å². The summed E-state index contributed by atoms with van der Waals surface area (Å²) in [7, 11) is 0. The molecule has 1 fully saturated rings. The van der Waals surface area contributed by atoms with E-state index in [0.717, 1.165) is 6.42 Å². The SMILES string of the molecule is Cl.NC1C[C@H]1c1ccc(F)cc1. The van der Waals surface area contributed by atoms with Crippen molar-refractivity contribution in [2.75, 3.05) is 0 Å². The van der Waals surface area contributed by atoms with Crippen LogP contribution >= 0.6 is 12.4 Å². The van der Waals surface area contributed by atoms with E-state index in [0.29, 0.717) is 12.0 Å². The van der Waals surface area contributed by atoms with E-state index in [1.807, 2.05) is 12.1 Å². The monoisotopic (exact) mass is 187 g/mol. The second-order valence-corrected chi connectivity index (χ2v) is 3.06. The molecule has 0 aromatic heterocycles. The highest BCUT2D eigenvalue weighted by Crippen LogP contribution is 2.38. The van der Waals surface area contributed by atoms with Gasteiger partial charge >= 0.3 is 0 Å². The van der Waals surface area contributed by atoms with Crippen LogP contribution in [0.15, 0.2) is 24.3 Å². The molecule has 1 aliphatic carbocycles. The molecule has 0 radical (unpaired) electrons. The average molecular weight is 188 g/mol. The largest absolute Gasteiger partial charge is 0.327 e. The fraction of sp³-hybridized carbons (Fsp3) is 0.333. The molecule has 0 saturated heterocycles. The molecule has 0 bridgehead atoms. The molecular weight excluding hydrogens is 177 g/mol. The Morgan fingerprint density at radius 2 is 1.75 bits per heavy atom. The molecule has 12 heavy (non-hydrogen) atoms. The highest BCUT2D eigenvalue weighted by atomic mass is 35.5. The van der Waals surface area contributed by atoms with Crippen LogP contribution in [0.25, 0.3) is 0 Å². The molecule has 2 rings (SSSR count). The van der Waals surface area contributed by atoms with Crippen molar-refractivity contribution < 1.29 is 4.39 Å². The molecule has 0 aliphatic heterocycles. The maximum atomic E-state index is 12.4. The summed E-state index contributed by atoms with van der Waals surface area (Å²) in [6.45, 7) is 0. The van der Waals surface area contributed by atoms with E-state index in [9.17, 15) is 4.39 Å². The second-order valence-electron chi connectivity index (χ2n) is 3.06. The van der Waals surface area contributed by atoms with Crippen molar-refractivity contribution in [3.05, 3.63) is 35.6 Å². The maximum Gasteiger partial charge on any atom is 0.123 e. The van der Waals surface area contributed by atoms with Crippen molar-refractivity contribution in [3.63, 3.8) is 0 Å². The predicted molar refractivity (Wildman–Crippen MR) is 49.0 cm³/mol. The molecule has 2 N–H and O–H groups in total. The van der Waals surface area contributed by atoms with Gasteiger partial charge < -0.3 is 5.73 Å². The topological polar surface area (TPSA) is 26.0 Å². The standard InChI is InChI=1S/C9H10FN.ClH/c10-7-3-1-6(2-4-7)8-5-9(8)11;/h1-4,8-9H,5,11H2;1H/t8-,9?;/m0./s1. The average Bonchev–Trinajstić information content (AvgIpc) is 2.69. The van der Waals surface area contributed by atoms with Crippen LogP contribution in [0.3, 0.4) is 0 Å². The highest BCUT2D eigenvalue weighted by Gasteiger charge is 2.34. The van der Waals surface area contributed by atoms with Gasteiger partial charge in [-0.15, -0.1) is 12.4 Å². The quantitative estimate of drug-likeness (QED) is 0.716. The van der Waals surface area contributed by atoms with Gasteiger partial charge in [0, 0.05) is 12.0 Å². The van der Waals surface area contributed by atoms with E-state index < -0.39 is 0 Å². The van der Waals surface area contributed by atoms with Crippen LogP contribution in [0.4, 0.5) is 4.39 Å². The van der Waals surface area contributed by atoms with Gasteiger partial charge in [-0.3, -0.25) is 0 Å². The number of hydrogen-bond acceptors (Lipinski definition) is 1. The summed E-state index contributed by atoms with van der Waals surface area (Å²) in [5, 5.41) is 0. The van der Waals surface area contributed by atoms with Gasteiger partial charge in [-0.25, -0.2) is 4.39 Å². The Kier molecular flexibility index (Phi) is 2.70. The molecule has 1 aromatic rings. The molecule has 0 amide bonds. The van der Waals surface area contributed by atoms with E-state index in [4.69, 9.17) is 5.73 Å². The zero-order valence-corrected chi connectivity index (χ0v) is 7.35. The molecule has 0 heterocycles. The van der Waals surface area contributed by atoms with E-state index in [1.54, 1.807) is 0 Å². The van der Waals surface area contributed by atoms with Crippen LogP contribution < -0.4 is 5.73 Å². The third-order valence-electron chi connectivity index (χ3n) is 2.14. The number of hydrogen-bond donors (Lipinski definition) is 1.